The van der Waals surface area contributed by atoms with Crippen molar-refractivity contribution in [1.29, 1.82) is 0 Å². The fourth-order valence-electron chi connectivity index (χ4n) is 4.12. The number of carbonyl (C=O) groups excluding carboxylic acids is 2. The van der Waals surface area contributed by atoms with Gasteiger partial charge in [-0.2, -0.15) is 0 Å². The van der Waals surface area contributed by atoms with Crippen LogP contribution in [0.2, 0.25) is 0 Å². The molecule has 0 spiro atoms. The summed E-state index contributed by atoms with van der Waals surface area (Å²) in [4.78, 5) is 30.2. The lowest BCUT2D eigenvalue weighted by atomic mass is 9.94. The minimum atomic E-state index is -0.667. The van der Waals surface area contributed by atoms with Crippen LogP contribution in [0.5, 0.6) is 11.5 Å². The topological polar surface area (TPSA) is 92.4 Å². The van der Waals surface area contributed by atoms with Gasteiger partial charge in [-0.15, -0.1) is 6.58 Å². The number of benzene rings is 1. The molecule has 1 aromatic carbocycles. The first-order valence-electron chi connectivity index (χ1n) is 11.3. The molecule has 9 heteroatoms. The maximum atomic E-state index is 13.0. The standard InChI is InChI=1S/C24H34N4O5/c1-5-10-27-11-13-28(14-12-27)16-18-21(23(29)33-7-3)22(26-24(30)25-18)17-8-9-19(32-6-2)20(15-17)31-4/h5,8-9,15,22H,1,6-7,10-14,16H2,2-4H3,(H2,25,26,30)/t22-/m1/s1. The quantitative estimate of drug-likeness (QED) is 0.410. The summed E-state index contributed by atoms with van der Waals surface area (Å²) in [5.74, 6) is 0.677. The molecule has 0 unspecified atom stereocenters. The molecule has 1 saturated heterocycles. The van der Waals surface area contributed by atoms with Crippen molar-refractivity contribution in [2.45, 2.75) is 19.9 Å². The number of nitrogens with zero attached hydrogens (tertiary/aromatic N) is 2. The van der Waals surface area contributed by atoms with E-state index in [0.717, 1.165) is 32.7 Å². The van der Waals surface area contributed by atoms with Gasteiger partial charge < -0.3 is 24.8 Å². The van der Waals surface area contributed by atoms with Gasteiger partial charge in [-0.1, -0.05) is 12.1 Å². The highest BCUT2D eigenvalue weighted by atomic mass is 16.5. The molecule has 2 N–H and O–H groups in total. The van der Waals surface area contributed by atoms with Crippen LogP contribution < -0.4 is 20.1 Å². The Bertz CT molecular complexity index is 893. The number of hydrogen-bond donors (Lipinski definition) is 2. The van der Waals surface area contributed by atoms with Crippen LogP contribution in [0.25, 0.3) is 0 Å². The van der Waals surface area contributed by atoms with Crippen molar-refractivity contribution < 1.29 is 23.8 Å². The van der Waals surface area contributed by atoms with E-state index >= 15 is 0 Å². The Morgan fingerprint density at radius 1 is 1.15 bits per heavy atom. The zero-order valence-corrected chi connectivity index (χ0v) is 19.7. The molecule has 1 atom stereocenters. The van der Waals surface area contributed by atoms with E-state index in [1.165, 1.54) is 0 Å². The van der Waals surface area contributed by atoms with Gasteiger partial charge in [-0.05, 0) is 31.5 Å². The Balaban J connectivity index is 1.93. The van der Waals surface area contributed by atoms with Gasteiger partial charge in [-0.3, -0.25) is 9.80 Å². The molecule has 2 amide bonds. The van der Waals surface area contributed by atoms with Crippen LogP contribution in [0.4, 0.5) is 4.79 Å². The second-order valence-corrected chi connectivity index (χ2v) is 7.85. The van der Waals surface area contributed by atoms with Gasteiger partial charge in [-0.25, -0.2) is 9.59 Å². The van der Waals surface area contributed by atoms with Gasteiger partial charge in [0.15, 0.2) is 11.5 Å². The molecule has 0 aliphatic carbocycles. The Labute approximate surface area is 195 Å². The summed E-state index contributed by atoms with van der Waals surface area (Å²) in [5, 5.41) is 5.72. The summed E-state index contributed by atoms with van der Waals surface area (Å²) in [6.45, 7) is 13.0. The van der Waals surface area contributed by atoms with Crippen LogP contribution in [0.15, 0.2) is 42.1 Å². The molecular weight excluding hydrogens is 424 g/mol. The summed E-state index contributed by atoms with van der Waals surface area (Å²) in [7, 11) is 1.56. The summed E-state index contributed by atoms with van der Waals surface area (Å²) in [6.07, 6.45) is 1.90. The van der Waals surface area contributed by atoms with Gasteiger partial charge in [0.2, 0.25) is 0 Å². The second kappa shape index (κ2) is 11.7. The molecule has 0 aromatic heterocycles. The third-order valence-electron chi connectivity index (χ3n) is 5.70. The number of carbonyl (C=O) groups is 2. The van der Waals surface area contributed by atoms with Gasteiger partial charge >= 0.3 is 12.0 Å². The number of urea groups is 1. The predicted molar refractivity (Wildman–Crippen MR) is 125 cm³/mol. The maximum Gasteiger partial charge on any atom is 0.338 e. The molecule has 1 aromatic rings. The lowest BCUT2D eigenvalue weighted by Gasteiger charge is -2.36. The Kier molecular flexibility index (Phi) is 8.73. The molecular formula is C24H34N4O5. The van der Waals surface area contributed by atoms with Crippen LogP contribution >= 0.6 is 0 Å². The van der Waals surface area contributed by atoms with E-state index < -0.39 is 12.0 Å². The highest BCUT2D eigenvalue weighted by Crippen LogP contribution is 2.34. The predicted octanol–water partition coefficient (Wildman–Crippen LogP) is 2.07. The SMILES string of the molecule is C=CCN1CCN(CC2=C(C(=O)OCC)[C@@H](c3ccc(OCC)c(OC)c3)NC(=O)N2)CC1. The fourth-order valence-corrected chi connectivity index (χ4v) is 4.12. The number of hydrogen-bond acceptors (Lipinski definition) is 7. The normalized spacial score (nSPS) is 19.5. The lowest BCUT2D eigenvalue weighted by molar-refractivity contribution is -0.139. The minimum absolute atomic E-state index is 0.239. The monoisotopic (exact) mass is 458 g/mol. The van der Waals surface area contributed by atoms with Crippen LogP contribution in [-0.2, 0) is 9.53 Å². The van der Waals surface area contributed by atoms with Crippen molar-refractivity contribution in [1.82, 2.24) is 20.4 Å². The molecule has 2 heterocycles. The number of nitrogens with one attached hydrogen (secondary N) is 2. The first-order chi connectivity index (χ1) is 16.0. The Morgan fingerprint density at radius 3 is 2.52 bits per heavy atom. The third-order valence-corrected chi connectivity index (χ3v) is 5.70. The average Bonchev–Trinajstić information content (AvgIpc) is 2.80. The molecule has 0 saturated carbocycles. The van der Waals surface area contributed by atoms with Gasteiger partial charge in [0.05, 0.1) is 31.9 Å². The van der Waals surface area contributed by atoms with Crippen molar-refractivity contribution in [3.63, 3.8) is 0 Å². The number of amides is 2. The van der Waals surface area contributed by atoms with Gasteiger partial charge in [0, 0.05) is 45.0 Å². The summed E-state index contributed by atoms with van der Waals surface area (Å²) < 4.78 is 16.5. The van der Waals surface area contributed by atoms with Crippen molar-refractivity contribution in [2.24, 2.45) is 0 Å². The Morgan fingerprint density at radius 2 is 1.88 bits per heavy atom. The molecule has 3 rings (SSSR count). The average molecular weight is 459 g/mol. The van der Waals surface area contributed by atoms with E-state index in [4.69, 9.17) is 14.2 Å². The van der Waals surface area contributed by atoms with Crippen molar-refractivity contribution in [2.75, 3.05) is 59.6 Å². The van der Waals surface area contributed by atoms with Crippen LogP contribution in [0, 0.1) is 0 Å². The van der Waals surface area contributed by atoms with E-state index in [9.17, 15) is 9.59 Å². The number of ether oxygens (including phenoxy) is 3. The molecule has 0 bridgehead atoms. The second-order valence-electron chi connectivity index (χ2n) is 7.85. The largest absolute Gasteiger partial charge is 0.493 e. The van der Waals surface area contributed by atoms with Crippen LogP contribution in [-0.4, -0.2) is 81.4 Å². The molecule has 0 radical (unpaired) electrons. The number of piperazine rings is 1. The molecule has 2 aliphatic rings. The molecule has 1 fully saturated rings. The van der Waals surface area contributed by atoms with Crippen molar-refractivity contribution >= 4 is 12.0 Å². The Hall–Kier alpha value is -3.04. The molecule has 2 aliphatic heterocycles. The number of rotatable bonds is 10. The number of methoxy groups -OCH3 is 1. The zero-order valence-electron chi connectivity index (χ0n) is 19.7. The van der Waals surface area contributed by atoms with E-state index in [1.807, 2.05) is 19.1 Å². The first kappa shape index (κ1) is 24.6. The number of esters is 1. The van der Waals surface area contributed by atoms with Crippen molar-refractivity contribution in [3.05, 3.63) is 47.7 Å². The van der Waals surface area contributed by atoms with Gasteiger partial charge in [0.25, 0.3) is 0 Å². The van der Waals surface area contributed by atoms with Crippen LogP contribution in [0.1, 0.15) is 25.5 Å². The minimum Gasteiger partial charge on any atom is -0.493 e. The van der Waals surface area contributed by atoms with E-state index in [2.05, 4.69) is 27.0 Å². The van der Waals surface area contributed by atoms with E-state index in [-0.39, 0.29) is 12.6 Å². The van der Waals surface area contributed by atoms with Gasteiger partial charge in [0.1, 0.15) is 0 Å². The van der Waals surface area contributed by atoms with Crippen LogP contribution in [0.3, 0.4) is 0 Å². The molecule has 33 heavy (non-hydrogen) atoms. The first-order valence-corrected chi connectivity index (χ1v) is 11.3. The smallest absolute Gasteiger partial charge is 0.338 e. The lowest BCUT2D eigenvalue weighted by Crippen LogP contribution is -2.51. The molecule has 9 nitrogen and oxygen atoms in total. The zero-order chi connectivity index (χ0) is 23.8. The highest BCUT2D eigenvalue weighted by molar-refractivity contribution is 5.95. The molecule has 180 valence electrons. The van der Waals surface area contributed by atoms with Crippen molar-refractivity contribution in [3.8, 4) is 11.5 Å². The summed E-state index contributed by atoms with van der Waals surface area (Å²) >= 11 is 0. The van der Waals surface area contributed by atoms with E-state index in [1.54, 1.807) is 26.2 Å². The maximum absolute atomic E-state index is 13.0. The van der Waals surface area contributed by atoms with E-state index in [0.29, 0.717) is 41.5 Å². The fraction of sp³-hybridized carbons (Fsp3) is 0.500. The third kappa shape index (κ3) is 6.06. The highest BCUT2D eigenvalue weighted by Gasteiger charge is 2.35. The summed E-state index contributed by atoms with van der Waals surface area (Å²) in [5.41, 5.74) is 1.67. The summed E-state index contributed by atoms with van der Waals surface area (Å²) in [6, 6.07) is 4.37.